The van der Waals surface area contributed by atoms with Gasteiger partial charge in [-0.15, -0.1) is 11.3 Å². The Morgan fingerprint density at radius 1 is 1.33 bits per heavy atom. The Balaban J connectivity index is 1.48. The van der Waals surface area contributed by atoms with Crippen molar-refractivity contribution >= 4 is 22.2 Å². The molecule has 2 aromatic heterocycles. The van der Waals surface area contributed by atoms with E-state index in [0.717, 1.165) is 13.1 Å². The maximum Gasteiger partial charge on any atom is 0.0968 e. The van der Waals surface area contributed by atoms with Gasteiger partial charge in [0.2, 0.25) is 0 Å². The highest BCUT2D eigenvalue weighted by molar-refractivity contribution is 7.09. The van der Waals surface area contributed by atoms with Gasteiger partial charge in [-0.25, -0.2) is 4.98 Å². The first-order chi connectivity index (χ1) is 10.4. The van der Waals surface area contributed by atoms with E-state index in [1.54, 1.807) is 11.3 Å². The van der Waals surface area contributed by atoms with Crippen LogP contribution in [0, 0.1) is 0 Å². The van der Waals surface area contributed by atoms with Crippen LogP contribution in [0.3, 0.4) is 0 Å². The van der Waals surface area contributed by atoms with Crippen molar-refractivity contribution in [3.05, 3.63) is 52.6 Å². The van der Waals surface area contributed by atoms with Crippen LogP contribution in [0.25, 0.3) is 10.9 Å². The van der Waals surface area contributed by atoms with E-state index in [9.17, 15) is 0 Å². The Hall–Kier alpha value is -1.65. The predicted octanol–water partition coefficient (Wildman–Crippen LogP) is 4.00. The maximum atomic E-state index is 4.50. The Labute approximate surface area is 128 Å². The van der Waals surface area contributed by atoms with Crippen molar-refractivity contribution in [1.29, 1.82) is 0 Å². The summed E-state index contributed by atoms with van der Waals surface area (Å²) in [7, 11) is 0. The third kappa shape index (κ3) is 2.74. The minimum Gasteiger partial charge on any atom is -0.361 e. The van der Waals surface area contributed by atoms with Gasteiger partial charge in [-0.2, -0.15) is 0 Å². The molecule has 0 radical (unpaired) electrons. The SMILES string of the molecule is c1csc(C2CCCN(Cc3ccc4[nH]ccc4c3)C2)n1. The number of likely N-dealkylation sites (tertiary alicyclic amines) is 1. The molecule has 0 amide bonds. The number of benzene rings is 1. The van der Waals surface area contributed by atoms with Crippen LogP contribution in [0.4, 0.5) is 0 Å². The molecule has 0 aliphatic carbocycles. The molecule has 1 aliphatic rings. The molecule has 21 heavy (non-hydrogen) atoms. The van der Waals surface area contributed by atoms with E-state index >= 15 is 0 Å². The summed E-state index contributed by atoms with van der Waals surface area (Å²) in [5, 5.41) is 4.70. The molecule has 1 saturated heterocycles. The molecule has 4 rings (SSSR count). The summed E-state index contributed by atoms with van der Waals surface area (Å²) < 4.78 is 0. The zero-order chi connectivity index (χ0) is 14.1. The second kappa shape index (κ2) is 5.62. The molecule has 0 bridgehead atoms. The van der Waals surface area contributed by atoms with E-state index in [1.165, 1.54) is 40.9 Å². The molecule has 1 N–H and O–H groups in total. The Morgan fingerprint density at radius 2 is 2.33 bits per heavy atom. The van der Waals surface area contributed by atoms with E-state index < -0.39 is 0 Å². The van der Waals surface area contributed by atoms with Crippen molar-refractivity contribution in [2.24, 2.45) is 0 Å². The summed E-state index contributed by atoms with van der Waals surface area (Å²) in [6.45, 7) is 3.38. The lowest BCUT2D eigenvalue weighted by molar-refractivity contribution is 0.200. The van der Waals surface area contributed by atoms with Crippen LogP contribution in [-0.4, -0.2) is 28.0 Å². The number of H-pyrrole nitrogens is 1. The highest BCUT2D eigenvalue weighted by atomic mass is 32.1. The summed E-state index contributed by atoms with van der Waals surface area (Å²) >= 11 is 1.80. The van der Waals surface area contributed by atoms with Crippen molar-refractivity contribution in [2.45, 2.75) is 25.3 Å². The Bertz CT molecular complexity index is 717. The van der Waals surface area contributed by atoms with Gasteiger partial charge in [-0.05, 0) is 48.5 Å². The average molecular weight is 297 g/mol. The Kier molecular flexibility index (Phi) is 3.49. The lowest BCUT2D eigenvalue weighted by atomic mass is 9.98. The second-order valence-corrected chi connectivity index (χ2v) is 6.77. The van der Waals surface area contributed by atoms with Crippen LogP contribution in [-0.2, 0) is 6.54 Å². The molecule has 3 nitrogen and oxygen atoms in total. The molecule has 0 saturated carbocycles. The quantitative estimate of drug-likeness (QED) is 0.792. The summed E-state index contributed by atoms with van der Waals surface area (Å²) in [5.41, 5.74) is 2.62. The van der Waals surface area contributed by atoms with Crippen molar-refractivity contribution in [3.8, 4) is 0 Å². The van der Waals surface area contributed by atoms with Gasteiger partial charge in [-0.3, -0.25) is 4.90 Å². The summed E-state index contributed by atoms with van der Waals surface area (Å²) in [4.78, 5) is 10.3. The van der Waals surface area contributed by atoms with E-state index in [-0.39, 0.29) is 0 Å². The summed E-state index contributed by atoms with van der Waals surface area (Å²) in [5.74, 6) is 0.620. The van der Waals surface area contributed by atoms with Crippen LogP contribution in [0.2, 0.25) is 0 Å². The average Bonchev–Trinajstić information content (AvgIpc) is 3.18. The van der Waals surface area contributed by atoms with Crippen molar-refractivity contribution in [2.75, 3.05) is 13.1 Å². The number of piperidine rings is 1. The van der Waals surface area contributed by atoms with Gasteiger partial charge in [-0.1, -0.05) is 6.07 Å². The number of hydrogen-bond acceptors (Lipinski definition) is 3. The van der Waals surface area contributed by atoms with Crippen molar-refractivity contribution in [1.82, 2.24) is 14.9 Å². The third-order valence-corrected chi connectivity index (χ3v) is 5.27. The van der Waals surface area contributed by atoms with Crippen LogP contribution >= 0.6 is 11.3 Å². The largest absolute Gasteiger partial charge is 0.361 e. The van der Waals surface area contributed by atoms with Gasteiger partial charge < -0.3 is 4.98 Å². The number of fused-ring (bicyclic) bond motifs is 1. The van der Waals surface area contributed by atoms with Crippen LogP contribution in [0.5, 0.6) is 0 Å². The second-order valence-electron chi connectivity index (χ2n) is 5.84. The number of nitrogens with one attached hydrogen (secondary N) is 1. The number of rotatable bonds is 3. The van der Waals surface area contributed by atoms with Crippen molar-refractivity contribution in [3.63, 3.8) is 0 Å². The van der Waals surface area contributed by atoms with Crippen LogP contribution in [0.1, 0.15) is 29.3 Å². The van der Waals surface area contributed by atoms with Gasteiger partial charge in [0.25, 0.3) is 0 Å². The predicted molar refractivity (Wildman–Crippen MR) is 87.7 cm³/mol. The van der Waals surface area contributed by atoms with Gasteiger partial charge in [0.05, 0.1) is 5.01 Å². The van der Waals surface area contributed by atoms with Gasteiger partial charge in [0.15, 0.2) is 0 Å². The molecule has 1 atom stereocenters. The minimum atomic E-state index is 0.620. The summed E-state index contributed by atoms with van der Waals surface area (Å²) in [6, 6.07) is 8.88. The van der Waals surface area contributed by atoms with Crippen molar-refractivity contribution < 1.29 is 0 Å². The maximum absolute atomic E-state index is 4.50. The first-order valence-electron chi connectivity index (χ1n) is 7.56. The number of thiazole rings is 1. The molecule has 108 valence electrons. The number of nitrogens with zero attached hydrogens (tertiary/aromatic N) is 2. The standard InChI is InChI=1S/C17H19N3S/c1-2-15(17-19-7-9-21-17)12-20(8-1)11-13-3-4-16-14(10-13)5-6-18-16/h3-7,9-10,15,18H,1-2,8,11-12H2. The van der Waals surface area contributed by atoms with E-state index in [2.05, 4.69) is 44.5 Å². The van der Waals surface area contributed by atoms with Crippen LogP contribution in [0.15, 0.2) is 42.0 Å². The zero-order valence-electron chi connectivity index (χ0n) is 12.0. The zero-order valence-corrected chi connectivity index (χ0v) is 12.8. The molecule has 0 spiro atoms. The smallest absolute Gasteiger partial charge is 0.0968 e. The lowest BCUT2D eigenvalue weighted by Gasteiger charge is -2.31. The normalized spacial score (nSPS) is 20.1. The molecule has 3 aromatic rings. The lowest BCUT2D eigenvalue weighted by Crippen LogP contribution is -2.33. The number of aromatic nitrogens is 2. The third-order valence-electron chi connectivity index (χ3n) is 4.33. The fraction of sp³-hybridized carbons (Fsp3) is 0.353. The molecular weight excluding hydrogens is 278 g/mol. The van der Waals surface area contributed by atoms with E-state index in [4.69, 9.17) is 0 Å². The molecule has 1 aromatic carbocycles. The monoisotopic (exact) mass is 297 g/mol. The number of aromatic amines is 1. The van der Waals surface area contributed by atoms with Gasteiger partial charge in [0.1, 0.15) is 0 Å². The first-order valence-corrected chi connectivity index (χ1v) is 8.44. The van der Waals surface area contributed by atoms with Gasteiger partial charge >= 0.3 is 0 Å². The molecule has 1 aliphatic heterocycles. The minimum absolute atomic E-state index is 0.620. The number of hydrogen-bond donors (Lipinski definition) is 1. The summed E-state index contributed by atoms with van der Waals surface area (Å²) in [6.07, 6.45) is 6.49. The molecule has 1 fully saturated rings. The Morgan fingerprint density at radius 3 is 3.24 bits per heavy atom. The molecular formula is C17H19N3S. The highest BCUT2D eigenvalue weighted by Crippen LogP contribution is 2.29. The highest BCUT2D eigenvalue weighted by Gasteiger charge is 2.23. The fourth-order valence-electron chi connectivity index (χ4n) is 3.30. The van der Waals surface area contributed by atoms with E-state index in [0.29, 0.717) is 5.92 Å². The first kappa shape index (κ1) is 13.0. The molecule has 3 heterocycles. The van der Waals surface area contributed by atoms with Crippen LogP contribution < -0.4 is 0 Å². The fourth-order valence-corrected chi connectivity index (χ4v) is 4.06. The van der Waals surface area contributed by atoms with Gasteiger partial charge in [0, 0.05) is 42.3 Å². The topological polar surface area (TPSA) is 31.9 Å². The molecule has 1 unspecified atom stereocenters. The molecule has 4 heteroatoms. The van der Waals surface area contributed by atoms with E-state index in [1.807, 2.05) is 12.4 Å².